The van der Waals surface area contributed by atoms with Crippen molar-refractivity contribution in [1.29, 1.82) is 0 Å². The van der Waals surface area contributed by atoms with Crippen molar-refractivity contribution in [3.8, 4) is 0 Å². The normalized spacial score (nSPS) is 43.4. The number of carbonyl (C=O) groups excluding carboxylic acids is 1. The minimum absolute atomic E-state index is 0.144. The second kappa shape index (κ2) is 4.10. The number of ketones is 1. The van der Waals surface area contributed by atoms with Gasteiger partial charge in [-0.3, -0.25) is 4.79 Å². The van der Waals surface area contributed by atoms with Crippen LogP contribution in [0.1, 0.15) is 65.2 Å². The fourth-order valence-electron chi connectivity index (χ4n) is 5.50. The quantitative estimate of drug-likeness (QED) is 0.712. The summed E-state index contributed by atoms with van der Waals surface area (Å²) in [5.74, 6) is 3.71. The molecule has 0 aromatic carbocycles. The number of hydrogen-bond acceptors (Lipinski definition) is 1. The van der Waals surface area contributed by atoms with Crippen LogP contribution in [0.5, 0.6) is 0 Å². The zero-order valence-electron chi connectivity index (χ0n) is 11.4. The van der Waals surface area contributed by atoms with Crippen LogP contribution in [0.3, 0.4) is 0 Å². The maximum atomic E-state index is 12.9. The summed E-state index contributed by atoms with van der Waals surface area (Å²) in [5.41, 5.74) is 0.144. The molecule has 96 valence electrons. The van der Waals surface area contributed by atoms with Gasteiger partial charge >= 0.3 is 0 Å². The molecule has 0 aliphatic heterocycles. The molecule has 1 nitrogen and oxygen atoms in total. The van der Waals surface area contributed by atoms with E-state index in [9.17, 15) is 4.79 Å². The van der Waals surface area contributed by atoms with Gasteiger partial charge in [0.1, 0.15) is 5.78 Å². The molecular formula is C16H26O. The fourth-order valence-corrected chi connectivity index (χ4v) is 5.50. The summed E-state index contributed by atoms with van der Waals surface area (Å²) in [6.07, 6.45) is 10.2. The molecule has 0 heterocycles. The molecule has 0 atom stereocenters. The van der Waals surface area contributed by atoms with E-state index in [-0.39, 0.29) is 5.41 Å². The number of hydrogen-bond donors (Lipinski definition) is 0. The molecule has 0 aromatic rings. The van der Waals surface area contributed by atoms with Crippen LogP contribution >= 0.6 is 0 Å². The summed E-state index contributed by atoms with van der Waals surface area (Å²) in [4.78, 5) is 12.9. The Morgan fingerprint density at radius 1 is 1.00 bits per heavy atom. The minimum atomic E-state index is 0.144. The molecule has 0 aromatic heterocycles. The lowest BCUT2D eigenvalue weighted by Crippen LogP contribution is -2.51. The Balaban J connectivity index is 1.84. The molecule has 0 amide bonds. The Morgan fingerprint density at radius 3 is 1.76 bits per heavy atom. The molecule has 4 fully saturated rings. The Bertz CT molecular complexity index is 278. The molecule has 4 aliphatic rings. The van der Waals surface area contributed by atoms with E-state index in [0.717, 1.165) is 30.6 Å². The Morgan fingerprint density at radius 2 is 1.41 bits per heavy atom. The van der Waals surface area contributed by atoms with Gasteiger partial charge in [-0.05, 0) is 69.1 Å². The molecule has 17 heavy (non-hydrogen) atoms. The van der Waals surface area contributed by atoms with Gasteiger partial charge in [-0.2, -0.15) is 0 Å². The summed E-state index contributed by atoms with van der Waals surface area (Å²) < 4.78 is 0. The Kier molecular flexibility index (Phi) is 2.83. The predicted molar refractivity (Wildman–Crippen MR) is 69.7 cm³/mol. The average Bonchev–Trinajstić information content (AvgIpc) is 2.28. The van der Waals surface area contributed by atoms with Crippen molar-refractivity contribution in [2.75, 3.05) is 0 Å². The minimum Gasteiger partial charge on any atom is -0.299 e. The van der Waals surface area contributed by atoms with Crippen LogP contribution in [0.25, 0.3) is 0 Å². The first-order chi connectivity index (χ1) is 8.16. The first-order valence-corrected chi connectivity index (χ1v) is 7.71. The van der Waals surface area contributed by atoms with Crippen molar-refractivity contribution < 1.29 is 4.79 Å². The molecule has 4 rings (SSSR count). The predicted octanol–water partition coefficient (Wildman–Crippen LogP) is 4.21. The van der Waals surface area contributed by atoms with E-state index in [4.69, 9.17) is 0 Å². The van der Waals surface area contributed by atoms with E-state index in [2.05, 4.69) is 13.8 Å². The van der Waals surface area contributed by atoms with Crippen molar-refractivity contribution in [1.82, 2.24) is 0 Å². The molecular weight excluding hydrogens is 208 g/mol. The van der Waals surface area contributed by atoms with Crippen molar-refractivity contribution in [3.63, 3.8) is 0 Å². The highest BCUT2D eigenvalue weighted by Crippen LogP contribution is 2.61. The van der Waals surface area contributed by atoms with Gasteiger partial charge in [-0.1, -0.05) is 13.8 Å². The van der Waals surface area contributed by atoms with Gasteiger partial charge in [-0.15, -0.1) is 0 Å². The smallest absolute Gasteiger partial charge is 0.142 e. The molecule has 1 heteroatoms. The van der Waals surface area contributed by atoms with Gasteiger partial charge in [0.2, 0.25) is 0 Å². The SMILES string of the molecule is CCC(CC)C(=O)C12CC3CC(CC(C3)C1)C2. The monoisotopic (exact) mass is 234 g/mol. The largest absolute Gasteiger partial charge is 0.299 e. The summed E-state index contributed by atoms with van der Waals surface area (Å²) >= 11 is 0. The van der Waals surface area contributed by atoms with E-state index in [0.29, 0.717) is 11.7 Å². The van der Waals surface area contributed by atoms with Crippen LogP contribution in [0, 0.1) is 29.1 Å². The van der Waals surface area contributed by atoms with Gasteiger partial charge < -0.3 is 0 Å². The van der Waals surface area contributed by atoms with Crippen molar-refractivity contribution in [3.05, 3.63) is 0 Å². The molecule has 0 unspecified atom stereocenters. The molecule has 0 spiro atoms. The summed E-state index contributed by atoms with van der Waals surface area (Å²) in [7, 11) is 0. The van der Waals surface area contributed by atoms with Gasteiger partial charge in [0.15, 0.2) is 0 Å². The standard InChI is InChI=1S/C16H26O/c1-3-14(4-2)15(17)16-8-11-5-12(9-16)7-13(6-11)10-16/h11-14H,3-10H2,1-2H3. The topological polar surface area (TPSA) is 17.1 Å². The van der Waals surface area contributed by atoms with Crippen LogP contribution < -0.4 is 0 Å². The van der Waals surface area contributed by atoms with E-state index < -0.39 is 0 Å². The van der Waals surface area contributed by atoms with Crippen molar-refractivity contribution in [2.45, 2.75) is 65.2 Å². The van der Waals surface area contributed by atoms with Crippen LogP contribution in [-0.4, -0.2) is 5.78 Å². The number of rotatable bonds is 4. The van der Waals surface area contributed by atoms with E-state index in [1.165, 1.54) is 38.5 Å². The molecule has 4 saturated carbocycles. The van der Waals surface area contributed by atoms with Crippen LogP contribution in [-0.2, 0) is 4.79 Å². The first kappa shape index (κ1) is 11.7. The Hall–Kier alpha value is -0.330. The highest BCUT2D eigenvalue weighted by molar-refractivity contribution is 5.87. The van der Waals surface area contributed by atoms with Gasteiger partial charge in [0, 0.05) is 11.3 Å². The third-order valence-corrected chi connectivity index (χ3v) is 5.92. The number of Topliss-reactive ketones (excluding diaryl/α,β-unsaturated/α-hetero) is 1. The lowest BCUT2D eigenvalue weighted by atomic mass is 9.47. The van der Waals surface area contributed by atoms with E-state index >= 15 is 0 Å². The summed E-state index contributed by atoms with van der Waals surface area (Å²) in [6.45, 7) is 4.37. The zero-order valence-corrected chi connectivity index (χ0v) is 11.4. The fraction of sp³-hybridized carbons (Fsp3) is 0.938. The third-order valence-electron chi connectivity index (χ3n) is 5.92. The molecule has 0 N–H and O–H groups in total. The van der Waals surface area contributed by atoms with Gasteiger partial charge in [-0.25, -0.2) is 0 Å². The summed E-state index contributed by atoms with van der Waals surface area (Å²) in [5, 5.41) is 0. The van der Waals surface area contributed by atoms with Crippen molar-refractivity contribution >= 4 is 5.78 Å². The highest BCUT2D eigenvalue weighted by atomic mass is 16.1. The molecule has 4 aliphatic carbocycles. The summed E-state index contributed by atoms with van der Waals surface area (Å²) in [6, 6.07) is 0. The maximum absolute atomic E-state index is 12.9. The molecule has 4 bridgehead atoms. The maximum Gasteiger partial charge on any atom is 0.142 e. The third kappa shape index (κ3) is 1.77. The van der Waals surface area contributed by atoms with Crippen molar-refractivity contribution in [2.24, 2.45) is 29.1 Å². The van der Waals surface area contributed by atoms with Gasteiger partial charge in [0.25, 0.3) is 0 Å². The second-order valence-electron chi connectivity index (χ2n) is 7.08. The van der Waals surface area contributed by atoms with E-state index in [1.54, 1.807) is 0 Å². The zero-order chi connectivity index (χ0) is 12.0. The van der Waals surface area contributed by atoms with Crippen LogP contribution in [0.2, 0.25) is 0 Å². The second-order valence-corrected chi connectivity index (χ2v) is 7.08. The molecule has 0 saturated heterocycles. The van der Waals surface area contributed by atoms with E-state index in [1.807, 2.05) is 0 Å². The molecule has 0 radical (unpaired) electrons. The lowest BCUT2D eigenvalue weighted by Gasteiger charge is -2.56. The first-order valence-electron chi connectivity index (χ1n) is 7.71. The van der Waals surface area contributed by atoms with Gasteiger partial charge in [0.05, 0.1) is 0 Å². The highest BCUT2D eigenvalue weighted by Gasteiger charge is 2.54. The van der Waals surface area contributed by atoms with Crippen LogP contribution in [0.15, 0.2) is 0 Å². The van der Waals surface area contributed by atoms with Crippen LogP contribution in [0.4, 0.5) is 0 Å². The number of carbonyl (C=O) groups is 1. The average molecular weight is 234 g/mol. The lowest BCUT2D eigenvalue weighted by molar-refractivity contribution is -0.148. The Labute approximate surface area is 105 Å².